The zero-order chi connectivity index (χ0) is 6.74. The lowest BCUT2D eigenvalue weighted by Crippen LogP contribution is -2.47. The van der Waals surface area contributed by atoms with Crippen LogP contribution in [0.4, 0.5) is 0 Å². The van der Waals surface area contributed by atoms with E-state index in [0.29, 0.717) is 0 Å². The van der Waals surface area contributed by atoms with Crippen LogP contribution >= 0.6 is 24.0 Å². The maximum atomic E-state index is 5.55. The third-order valence-corrected chi connectivity index (χ3v) is 1.98. The van der Waals surface area contributed by atoms with Crippen LogP contribution < -0.4 is 5.32 Å². The zero-order valence-corrected chi connectivity index (χ0v) is 8.98. The van der Waals surface area contributed by atoms with Crippen LogP contribution in [0.15, 0.2) is 0 Å². The molecule has 1 heterocycles. The Morgan fingerprint density at radius 2 is 2.30 bits per heavy atom. The molecule has 0 bridgehead atoms. The fourth-order valence-corrected chi connectivity index (χ4v) is 1.00. The fraction of sp³-hybridized carbons (Fsp3) is 1.00. The van der Waals surface area contributed by atoms with Crippen LogP contribution in [-0.4, -0.2) is 25.3 Å². The molecule has 2 nitrogen and oxygen atoms in total. The van der Waals surface area contributed by atoms with Crippen molar-refractivity contribution >= 4 is 24.0 Å². The van der Waals surface area contributed by atoms with E-state index in [1.807, 2.05) is 0 Å². The Bertz CT molecular complexity index is 91.6. The summed E-state index contributed by atoms with van der Waals surface area (Å²) in [4.78, 5) is 0. The van der Waals surface area contributed by atoms with Crippen molar-refractivity contribution in [2.45, 2.75) is 25.9 Å². The van der Waals surface area contributed by atoms with Gasteiger partial charge < -0.3 is 10.1 Å². The lowest BCUT2D eigenvalue weighted by molar-refractivity contribution is -0.0544. The summed E-state index contributed by atoms with van der Waals surface area (Å²) in [5.41, 5.74) is 0.109. The molecule has 0 spiro atoms. The highest BCUT2D eigenvalue weighted by atomic mass is 127. The van der Waals surface area contributed by atoms with Crippen molar-refractivity contribution < 1.29 is 4.74 Å². The average Bonchev–Trinajstić information content (AvgIpc) is 1.90. The molecule has 1 unspecified atom stereocenters. The molecule has 10 heavy (non-hydrogen) atoms. The van der Waals surface area contributed by atoms with Crippen molar-refractivity contribution in [3.63, 3.8) is 0 Å². The topological polar surface area (TPSA) is 21.3 Å². The Morgan fingerprint density at radius 3 is 2.60 bits per heavy atom. The predicted octanol–water partition coefficient (Wildman–Crippen LogP) is 1.39. The first kappa shape index (κ1) is 10.7. The highest BCUT2D eigenvalue weighted by Crippen LogP contribution is 2.15. The van der Waals surface area contributed by atoms with Gasteiger partial charge >= 0.3 is 0 Å². The van der Waals surface area contributed by atoms with E-state index in [1.165, 1.54) is 0 Å². The van der Waals surface area contributed by atoms with Crippen molar-refractivity contribution in [2.75, 3.05) is 19.7 Å². The summed E-state index contributed by atoms with van der Waals surface area (Å²) in [7, 11) is 0. The van der Waals surface area contributed by atoms with Crippen LogP contribution in [0.2, 0.25) is 0 Å². The molecule has 1 N–H and O–H groups in total. The molecular weight excluding hydrogens is 241 g/mol. The average molecular weight is 257 g/mol. The quantitative estimate of drug-likeness (QED) is 0.717. The normalized spacial score (nSPS) is 33.0. The van der Waals surface area contributed by atoms with Gasteiger partial charge in [-0.1, -0.05) is 6.92 Å². The van der Waals surface area contributed by atoms with Crippen LogP contribution in [0.5, 0.6) is 0 Å². The summed E-state index contributed by atoms with van der Waals surface area (Å²) < 4.78 is 5.55. The van der Waals surface area contributed by atoms with E-state index < -0.39 is 0 Å². The number of rotatable bonds is 1. The van der Waals surface area contributed by atoms with E-state index in [9.17, 15) is 0 Å². The van der Waals surface area contributed by atoms with Crippen molar-refractivity contribution in [2.24, 2.45) is 0 Å². The van der Waals surface area contributed by atoms with Gasteiger partial charge in [0.1, 0.15) is 0 Å². The van der Waals surface area contributed by atoms with Crippen LogP contribution in [0, 0.1) is 0 Å². The van der Waals surface area contributed by atoms with Crippen LogP contribution in [0.25, 0.3) is 0 Å². The molecule has 0 aromatic heterocycles. The molecular formula is C7H16INO. The van der Waals surface area contributed by atoms with Gasteiger partial charge in [0, 0.05) is 13.1 Å². The highest BCUT2D eigenvalue weighted by Gasteiger charge is 2.24. The van der Waals surface area contributed by atoms with E-state index in [0.717, 1.165) is 26.1 Å². The maximum absolute atomic E-state index is 5.55. The molecule has 0 amide bonds. The molecule has 62 valence electrons. The van der Waals surface area contributed by atoms with Crippen molar-refractivity contribution in [3.8, 4) is 0 Å². The minimum atomic E-state index is 0. The lowest BCUT2D eigenvalue weighted by Gasteiger charge is -2.33. The summed E-state index contributed by atoms with van der Waals surface area (Å²) in [6, 6.07) is 0. The Hall–Kier alpha value is 0.650. The third kappa shape index (κ3) is 2.72. The van der Waals surface area contributed by atoms with Gasteiger partial charge in [-0.05, 0) is 13.3 Å². The molecule has 0 saturated carbocycles. The summed E-state index contributed by atoms with van der Waals surface area (Å²) in [5, 5.41) is 3.30. The number of hydrogen-bond acceptors (Lipinski definition) is 2. The van der Waals surface area contributed by atoms with Crippen LogP contribution in [0.3, 0.4) is 0 Å². The zero-order valence-electron chi connectivity index (χ0n) is 6.64. The summed E-state index contributed by atoms with van der Waals surface area (Å²) in [5.74, 6) is 0. The number of ether oxygens (including phenoxy) is 1. The molecule has 1 aliphatic rings. The first-order valence-electron chi connectivity index (χ1n) is 3.61. The first-order valence-corrected chi connectivity index (χ1v) is 3.61. The van der Waals surface area contributed by atoms with Gasteiger partial charge in [0.2, 0.25) is 0 Å². The molecule has 1 aliphatic heterocycles. The molecule has 1 rings (SSSR count). The molecule has 1 saturated heterocycles. The molecule has 1 fully saturated rings. The first-order chi connectivity index (χ1) is 4.27. The molecule has 0 aliphatic carbocycles. The summed E-state index contributed by atoms with van der Waals surface area (Å²) in [6.07, 6.45) is 1.10. The van der Waals surface area contributed by atoms with Gasteiger partial charge in [0.15, 0.2) is 0 Å². The number of hydrogen-bond donors (Lipinski definition) is 1. The Kier molecular flexibility index (Phi) is 4.81. The number of halogens is 1. The smallest absolute Gasteiger partial charge is 0.0776 e. The van der Waals surface area contributed by atoms with Gasteiger partial charge in [-0.25, -0.2) is 0 Å². The SMILES string of the molecule is CCC1(C)CNCCO1.I. The number of morpholine rings is 1. The van der Waals surface area contributed by atoms with Gasteiger partial charge in [-0.2, -0.15) is 0 Å². The van der Waals surface area contributed by atoms with Gasteiger partial charge in [0.25, 0.3) is 0 Å². The third-order valence-electron chi connectivity index (χ3n) is 1.98. The van der Waals surface area contributed by atoms with Crippen LogP contribution in [-0.2, 0) is 4.74 Å². The Labute approximate surface area is 79.7 Å². The predicted molar refractivity (Wildman–Crippen MR) is 52.9 cm³/mol. The molecule has 0 aromatic rings. The summed E-state index contributed by atoms with van der Waals surface area (Å²) in [6.45, 7) is 7.19. The molecule has 3 heteroatoms. The second kappa shape index (κ2) is 4.51. The van der Waals surface area contributed by atoms with E-state index in [4.69, 9.17) is 4.74 Å². The van der Waals surface area contributed by atoms with E-state index in [-0.39, 0.29) is 29.6 Å². The standard InChI is InChI=1S/C7H15NO.HI/c1-3-7(2)6-8-4-5-9-7;/h8H,3-6H2,1-2H3;1H. The molecule has 0 radical (unpaired) electrons. The van der Waals surface area contributed by atoms with Gasteiger partial charge in [-0.15, -0.1) is 24.0 Å². The van der Waals surface area contributed by atoms with Crippen LogP contribution in [0.1, 0.15) is 20.3 Å². The summed E-state index contributed by atoms with van der Waals surface area (Å²) >= 11 is 0. The number of nitrogens with one attached hydrogen (secondary N) is 1. The molecule has 1 atom stereocenters. The van der Waals surface area contributed by atoms with Gasteiger partial charge in [-0.3, -0.25) is 0 Å². The minimum absolute atomic E-state index is 0. The van der Waals surface area contributed by atoms with Crippen molar-refractivity contribution in [1.29, 1.82) is 0 Å². The second-order valence-electron chi connectivity index (χ2n) is 2.83. The van der Waals surface area contributed by atoms with Crippen molar-refractivity contribution in [3.05, 3.63) is 0 Å². The minimum Gasteiger partial charge on any atom is -0.373 e. The van der Waals surface area contributed by atoms with E-state index >= 15 is 0 Å². The monoisotopic (exact) mass is 257 g/mol. The highest BCUT2D eigenvalue weighted by molar-refractivity contribution is 14.0. The van der Waals surface area contributed by atoms with Crippen molar-refractivity contribution in [1.82, 2.24) is 5.32 Å². The largest absolute Gasteiger partial charge is 0.373 e. The second-order valence-corrected chi connectivity index (χ2v) is 2.83. The lowest BCUT2D eigenvalue weighted by atomic mass is 10.0. The molecule has 0 aromatic carbocycles. The Balaban J connectivity index is 0.000000810. The van der Waals surface area contributed by atoms with E-state index in [1.54, 1.807) is 0 Å². The van der Waals surface area contributed by atoms with Gasteiger partial charge in [0.05, 0.1) is 12.2 Å². The fourth-order valence-electron chi connectivity index (χ4n) is 1.00. The Morgan fingerprint density at radius 1 is 1.60 bits per heavy atom. The van der Waals surface area contributed by atoms with E-state index in [2.05, 4.69) is 19.2 Å². The maximum Gasteiger partial charge on any atom is 0.0776 e.